The van der Waals surface area contributed by atoms with Crippen molar-refractivity contribution in [1.82, 2.24) is 5.43 Å². The lowest BCUT2D eigenvalue weighted by Gasteiger charge is -2.14. The van der Waals surface area contributed by atoms with Crippen molar-refractivity contribution in [2.45, 2.75) is 11.8 Å². The van der Waals surface area contributed by atoms with E-state index in [4.69, 9.17) is 20.5 Å². The van der Waals surface area contributed by atoms with Crippen molar-refractivity contribution in [2.75, 3.05) is 6.61 Å². The Bertz CT molecular complexity index is 1400. The molecule has 0 atom stereocenters. The third-order valence-corrected chi connectivity index (χ3v) is 6.39. The number of hydrogen-bond donors (Lipinski definition) is 1. The van der Waals surface area contributed by atoms with Crippen LogP contribution in [0.2, 0.25) is 5.02 Å². The second kappa shape index (κ2) is 11.3. The molecule has 0 fully saturated rings. The highest BCUT2D eigenvalue weighted by molar-refractivity contribution is 9.10. The fraction of sp³-hybridized carbons (Fsp3) is 0.0909. The molecule has 0 spiro atoms. The molecule has 3 aromatic rings. The van der Waals surface area contributed by atoms with Crippen molar-refractivity contribution in [3.8, 4) is 11.5 Å². The molecule has 35 heavy (non-hydrogen) atoms. The summed E-state index contributed by atoms with van der Waals surface area (Å²) in [5.41, 5.74) is 2.90. The van der Waals surface area contributed by atoms with Gasteiger partial charge in [-0.1, -0.05) is 17.7 Å². The minimum absolute atomic E-state index is 0.0926. The van der Waals surface area contributed by atoms with E-state index in [2.05, 4.69) is 26.5 Å². The number of ether oxygens (including phenoxy) is 1. The van der Waals surface area contributed by atoms with Crippen molar-refractivity contribution in [1.29, 1.82) is 0 Å². The summed E-state index contributed by atoms with van der Waals surface area (Å²) in [4.78, 5) is 22.1. The van der Waals surface area contributed by atoms with Crippen molar-refractivity contribution in [3.05, 3.63) is 91.4 Å². The lowest BCUT2D eigenvalue weighted by Crippen LogP contribution is -2.17. The summed E-state index contributed by atoms with van der Waals surface area (Å²) in [7, 11) is -4.33. The summed E-state index contributed by atoms with van der Waals surface area (Å²) in [5.74, 6) is -0.498. The Labute approximate surface area is 213 Å². The van der Waals surface area contributed by atoms with Gasteiger partial charge in [-0.05, 0) is 70.9 Å². The second-order valence-corrected chi connectivity index (χ2v) is 9.60. The van der Waals surface area contributed by atoms with Gasteiger partial charge in [0.05, 0.1) is 22.2 Å². The highest BCUT2D eigenvalue weighted by atomic mass is 79.9. The third kappa shape index (κ3) is 6.78. The first kappa shape index (κ1) is 26.1. The molecule has 0 heterocycles. The van der Waals surface area contributed by atoms with E-state index in [-0.39, 0.29) is 33.2 Å². The molecule has 0 aliphatic heterocycles. The number of hydrazone groups is 1. The van der Waals surface area contributed by atoms with Crippen LogP contribution in [0.3, 0.4) is 0 Å². The van der Waals surface area contributed by atoms with Crippen molar-refractivity contribution in [2.24, 2.45) is 5.10 Å². The monoisotopic (exact) mass is 581 g/mol. The minimum Gasteiger partial charge on any atom is -0.490 e. The Morgan fingerprint density at radius 2 is 1.91 bits per heavy atom. The zero-order valence-corrected chi connectivity index (χ0v) is 21.1. The molecule has 0 unspecified atom stereocenters. The van der Waals surface area contributed by atoms with E-state index in [1.165, 1.54) is 24.4 Å². The van der Waals surface area contributed by atoms with Gasteiger partial charge < -0.3 is 8.92 Å². The van der Waals surface area contributed by atoms with Crippen LogP contribution in [0.4, 0.5) is 5.69 Å². The molecule has 0 aliphatic carbocycles. The molecule has 13 heteroatoms. The summed E-state index contributed by atoms with van der Waals surface area (Å²) in [6, 6.07) is 13.6. The highest BCUT2D eigenvalue weighted by Crippen LogP contribution is 2.38. The van der Waals surface area contributed by atoms with Gasteiger partial charge in [-0.15, -0.1) is 0 Å². The summed E-state index contributed by atoms with van der Waals surface area (Å²) in [5, 5.41) is 15.1. The zero-order valence-electron chi connectivity index (χ0n) is 18.0. The Kier molecular flexibility index (Phi) is 8.43. The minimum atomic E-state index is -4.33. The first-order chi connectivity index (χ1) is 16.6. The van der Waals surface area contributed by atoms with Gasteiger partial charge in [-0.25, -0.2) is 5.43 Å². The molecule has 0 aliphatic rings. The predicted molar refractivity (Wildman–Crippen MR) is 133 cm³/mol. The molecule has 182 valence electrons. The van der Waals surface area contributed by atoms with Gasteiger partial charge in [-0.3, -0.25) is 14.9 Å². The van der Waals surface area contributed by atoms with Crippen LogP contribution in [0.25, 0.3) is 0 Å². The van der Waals surface area contributed by atoms with Crippen LogP contribution in [0.1, 0.15) is 22.8 Å². The van der Waals surface area contributed by atoms with Crippen LogP contribution < -0.4 is 14.3 Å². The Hall–Kier alpha value is -3.48. The summed E-state index contributed by atoms with van der Waals surface area (Å²) in [6.07, 6.45) is 1.34. The molecule has 0 bridgehead atoms. The number of nitrogens with one attached hydrogen (secondary N) is 1. The normalized spacial score (nSPS) is 11.3. The first-order valence-corrected chi connectivity index (χ1v) is 12.4. The molecule has 0 radical (unpaired) electrons. The van der Waals surface area contributed by atoms with Crippen LogP contribution in [0.5, 0.6) is 11.5 Å². The van der Waals surface area contributed by atoms with Crippen LogP contribution >= 0.6 is 27.5 Å². The van der Waals surface area contributed by atoms with Crippen LogP contribution in [-0.4, -0.2) is 32.1 Å². The molecule has 0 saturated heterocycles. The van der Waals surface area contributed by atoms with Crippen molar-refractivity contribution in [3.63, 3.8) is 0 Å². The number of nitrogens with zero attached hydrogens (tertiary/aromatic N) is 2. The SMILES string of the molecule is CCOc1cc(/C=N\NC(=O)c2cccc(Cl)c2)cc(Br)c1OS(=O)(=O)c1ccc([N+](=O)[O-])cc1. The predicted octanol–water partition coefficient (Wildman–Crippen LogP) is 4.94. The van der Waals surface area contributed by atoms with Gasteiger partial charge in [0.25, 0.3) is 11.6 Å². The topological polar surface area (TPSA) is 137 Å². The fourth-order valence-corrected chi connectivity index (χ4v) is 4.55. The number of carbonyl (C=O) groups excluding carboxylic acids is 1. The molecule has 10 nitrogen and oxygen atoms in total. The number of nitro benzene ring substituents is 1. The van der Waals surface area contributed by atoms with Gasteiger partial charge in [0.15, 0.2) is 11.5 Å². The number of nitro groups is 1. The maximum atomic E-state index is 12.7. The lowest BCUT2D eigenvalue weighted by atomic mass is 10.2. The van der Waals surface area contributed by atoms with E-state index in [0.717, 1.165) is 24.3 Å². The molecule has 0 aromatic heterocycles. The molecular formula is C22H17BrClN3O7S. The summed E-state index contributed by atoms with van der Waals surface area (Å²) >= 11 is 9.15. The van der Waals surface area contributed by atoms with Crippen LogP contribution in [0, 0.1) is 10.1 Å². The van der Waals surface area contributed by atoms with E-state index in [0.29, 0.717) is 16.1 Å². The maximum Gasteiger partial charge on any atom is 0.339 e. The van der Waals surface area contributed by atoms with Crippen LogP contribution in [-0.2, 0) is 10.1 Å². The Morgan fingerprint density at radius 1 is 1.20 bits per heavy atom. The zero-order chi connectivity index (χ0) is 25.6. The van der Waals surface area contributed by atoms with Gasteiger partial charge >= 0.3 is 10.1 Å². The van der Waals surface area contributed by atoms with Crippen LogP contribution in [0.15, 0.2) is 75.1 Å². The van der Waals surface area contributed by atoms with Gasteiger partial charge in [-0.2, -0.15) is 13.5 Å². The molecule has 3 aromatic carbocycles. The van der Waals surface area contributed by atoms with Gasteiger partial charge in [0.1, 0.15) is 4.90 Å². The molecule has 3 rings (SSSR count). The van der Waals surface area contributed by atoms with E-state index < -0.39 is 20.9 Å². The Morgan fingerprint density at radius 3 is 2.54 bits per heavy atom. The van der Waals surface area contributed by atoms with E-state index >= 15 is 0 Å². The quantitative estimate of drug-likeness (QED) is 0.163. The number of rotatable bonds is 9. The van der Waals surface area contributed by atoms with E-state index in [9.17, 15) is 23.3 Å². The number of non-ortho nitro benzene ring substituents is 1. The maximum absolute atomic E-state index is 12.7. The number of benzene rings is 3. The lowest BCUT2D eigenvalue weighted by molar-refractivity contribution is -0.384. The average molecular weight is 583 g/mol. The molecule has 1 amide bonds. The van der Waals surface area contributed by atoms with E-state index in [1.54, 1.807) is 25.1 Å². The molecule has 1 N–H and O–H groups in total. The molecule has 0 saturated carbocycles. The Balaban J connectivity index is 1.82. The highest BCUT2D eigenvalue weighted by Gasteiger charge is 2.23. The number of hydrogen-bond acceptors (Lipinski definition) is 8. The van der Waals surface area contributed by atoms with Crippen molar-refractivity contribution >= 4 is 55.5 Å². The summed E-state index contributed by atoms with van der Waals surface area (Å²) in [6.45, 7) is 1.90. The summed E-state index contributed by atoms with van der Waals surface area (Å²) < 4.78 is 36.5. The van der Waals surface area contributed by atoms with E-state index in [1.807, 2.05) is 0 Å². The number of carbonyl (C=O) groups is 1. The smallest absolute Gasteiger partial charge is 0.339 e. The van der Waals surface area contributed by atoms with Crippen molar-refractivity contribution < 1.29 is 27.1 Å². The first-order valence-electron chi connectivity index (χ1n) is 9.85. The molecular weight excluding hydrogens is 566 g/mol. The fourth-order valence-electron chi connectivity index (χ4n) is 2.76. The average Bonchev–Trinajstić information content (AvgIpc) is 2.81. The third-order valence-electron chi connectivity index (χ3n) is 4.33. The van der Waals surface area contributed by atoms with Gasteiger partial charge in [0.2, 0.25) is 0 Å². The van der Waals surface area contributed by atoms with Gasteiger partial charge in [0, 0.05) is 22.7 Å². The largest absolute Gasteiger partial charge is 0.490 e. The number of halogens is 2. The standard InChI is InChI=1S/C22H17BrClN3O7S/c1-2-33-20-11-14(13-25-26-22(28)15-4-3-5-16(24)12-15)10-19(23)21(20)34-35(31,32)18-8-6-17(7-9-18)27(29)30/h3-13H,2H2,1H3,(H,26,28)/b25-13-. The second-order valence-electron chi connectivity index (χ2n) is 6.76. The number of amides is 1.